The predicted octanol–water partition coefficient (Wildman–Crippen LogP) is 4.28. The predicted molar refractivity (Wildman–Crippen MR) is 117 cm³/mol. The fraction of sp³-hybridized carbons (Fsp3) is 0.0417. The van der Waals surface area contributed by atoms with Crippen molar-refractivity contribution in [2.24, 2.45) is 0 Å². The van der Waals surface area contributed by atoms with Gasteiger partial charge in [-0.2, -0.15) is 4.73 Å². The highest BCUT2D eigenvalue weighted by Gasteiger charge is 2.12. The highest BCUT2D eigenvalue weighted by atomic mass is 16.5. The van der Waals surface area contributed by atoms with Crippen LogP contribution in [0.5, 0.6) is 0 Å². The van der Waals surface area contributed by atoms with Gasteiger partial charge in [0, 0.05) is 23.5 Å². The first-order valence-corrected chi connectivity index (χ1v) is 9.24. The summed E-state index contributed by atoms with van der Waals surface area (Å²) in [6, 6.07) is 16.3. The van der Waals surface area contributed by atoms with Crippen LogP contribution in [0.2, 0.25) is 0 Å². The molecule has 0 saturated heterocycles. The van der Waals surface area contributed by atoms with Crippen LogP contribution in [0, 0.1) is 19.3 Å². The second kappa shape index (κ2) is 7.94. The van der Waals surface area contributed by atoms with E-state index in [-0.39, 0.29) is 5.91 Å². The number of carbonyl (C=O) groups excluding carboxylic acids is 1. The van der Waals surface area contributed by atoms with Crippen molar-refractivity contribution in [3.05, 3.63) is 83.7 Å². The Hall–Kier alpha value is -4.37. The molecule has 0 atom stereocenters. The third-order valence-electron chi connectivity index (χ3n) is 4.56. The van der Waals surface area contributed by atoms with Crippen LogP contribution in [0.3, 0.4) is 0 Å². The van der Waals surface area contributed by atoms with Gasteiger partial charge in [-0.05, 0) is 66.6 Å². The Kier molecular flexibility index (Phi) is 5.02. The van der Waals surface area contributed by atoms with Crippen LogP contribution in [-0.4, -0.2) is 25.8 Å². The molecule has 0 fully saturated rings. The van der Waals surface area contributed by atoms with Gasteiger partial charge in [-0.15, -0.1) is 6.42 Å². The Morgan fingerprint density at radius 1 is 1.17 bits per heavy atom. The molecule has 0 unspecified atom stereocenters. The first kappa shape index (κ1) is 19.0. The fourth-order valence-corrected chi connectivity index (χ4v) is 3.01. The molecule has 6 nitrogen and oxygen atoms in total. The number of amides is 1. The third kappa shape index (κ3) is 3.91. The van der Waals surface area contributed by atoms with Crippen molar-refractivity contribution in [3.63, 3.8) is 0 Å². The van der Waals surface area contributed by atoms with E-state index in [1.807, 2.05) is 25.1 Å². The monoisotopic (exact) mass is 394 g/mol. The largest absolute Gasteiger partial charge is 0.426 e. The minimum Gasteiger partial charge on any atom is -0.426 e. The molecule has 0 aliphatic carbocycles. The molecule has 2 aromatic carbocycles. The molecule has 0 bridgehead atoms. The fourth-order valence-electron chi connectivity index (χ4n) is 3.01. The summed E-state index contributed by atoms with van der Waals surface area (Å²) in [7, 11) is 0. The van der Waals surface area contributed by atoms with Crippen LogP contribution in [0.25, 0.3) is 28.5 Å². The molecular weight excluding hydrogens is 376 g/mol. The number of aromatic nitrogens is 3. The minimum atomic E-state index is -0.270. The molecule has 2 aromatic heterocycles. The van der Waals surface area contributed by atoms with Crippen LogP contribution >= 0.6 is 0 Å². The van der Waals surface area contributed by atoms with Crippen molar-refractivity contribution in [1.29, 1.82) is 0 Å². The van der Waals surface area contributed by atoms with Gasteiger partial charge >= 0.3 is 0 Å². The maximum atomic E-state index is 12.2. The minimum absolute atomic E-state index is 0.270. The van der Waals surface area contributed by atoms with E-state index >= 15 is 0 Å². The molecule has 2 N–H and O–H groups in total. The summed E-state index contributed by atoms with van der Waals surface area (Å²) < 4.78 is 1.08. The van der Waals surface area contributed by atoms with Crippen molar-refractivity contribution in [2.45, 2.75) is 6.92 Å². The van der Waals surface area contributed by atoms with Crippen molar-refractivity contribution in [2.75, 3.05) is 5.32 Å². The van der Waals surface area contributed by atoms with Crippen LogP contribution in [0.1, 0.15) is 16.8 Å². The lowest BCUT2D eigenvalue weighted by Gasteiger charge is -2.05. The second-order valence-electron chi connectivity index (χ2n) is 6.76. The Labute approximate surface area is 173 Å². The van der Waals surface area contributed by atoms with E-state index in [0.29, 0.717) is 28.2 Å². The number of nitrogens with one attached hydrogen (secondary N) is 1. The maximum absolute atomic E-state index is 12.2. The summed E-state index contributed by atoms with van der Waals surface area (Å²) >= 11 is 0. The number of pyridine rings is 1. The zero-order valence-electron chi connectivity index (χ0n) is 16.2. The van der Waals surface area contributed by atoms with Crippen molar-refractivity contribution in [3.8, 4) is 23.7 Å². The Balaban J connectivity index is 1.47. The number of nitrogens with zero attached hydrogens (tertiary/aromatic N) is 3. The third-order valence-corrected chi connectivity index (χ3v) is 4.56. The summed E-state index contributed by atoms with van der Waals surface area (Å²) in [4.78, 5) is 20.7. The number of terminal acetylenes is 1. The molecule has 4 rings (SSSR count). The van der Waals surface area contributed by atoms with Crippen molar-refractivity contribution < 1.29 is 10.0 Å². The number of fused-ring (bicyclic) bond motifs is 1. The Morgan fingerprint density at radius 3 is 2.67 bits per heavy atom. The lowest BCUT2D eigenvalue weighted by atomic mass is 10.2. The first-order chi connectivity index (χ1) is 14.5. The lowest BCUT2D eigenvalue weighted by molar-refractivity contribution is -0.111. The van der Waals surface area contributed by atoms with E-state index in [1.165, 1.54) is 6.08 Å². The summed E-state index contributed by atoms with van der Waals surface area (Å²) in [5.41, 5.74) is 5.09. The van der Waals surface area contributed by atoms with E-state index in [1.54, 1.807) is 48.7 Å². The van der Waals surface area contributed by atoms with E-state index in [9.17, 15) is 10.0 Å². The zero-order valence-corrected chi connectivity index (χ0v) is 16.2. The number of carbonyl (C=O) groups is 1. The van der Waals surface area contributed by atoms with Gasteiger partial charge < -0.3 is 10.5 Å². The number of hydrogen-bond donors (Lipinski definition) is 2. The van der Waals surface area contributed by atoms with Gasteiger partial charge in [-0.25, -0.2) is 9.97 Å². The first-order valence-electron chi connectivity index (χ1n) is 9.24. The molecule has 6 heteroatoms. The lowest BCUT2D eigenvalue weighted by Crippen LogP contribution is -2.07. The van der Waals surface area contributed by atoms with Gasteiger partial charge in [0.1, 0.15) is 11.2 Å². The molecule has 30 heavy (non-hydrogen) atoms. The normalized spacial score (nSPS) is 10.9. The molecule has 0 saturated carbocycles. The molecule has 0 aliphatic rings. The van der Waals surface area contributed by atoms with Crippen LogP contribution < -0.4 is 5.32 Å². The highest BCUT2D eigenvalue weighted by Crippen LogP contribution is 2.25. The topological polar surface area (TPSA) is 80.0 Å². The van der Waals surface area contributed by atoms with Crippen LogP contribution in [0.4, 0.5) is 5.69 Å². The number of anilines is 1. The average molecular weight is 394 g/mol. The quantitative estimate of drug-likeness (QED) is 0.308. The van der Waals surface area contributed by atoms with Crippen LogP contribution in [0.15, 0.2) is 66.9 Å². The molecular formula is C24H18N4O2. The van der Waals surface area contributed by atoms with E-state index in [0.717, 1.165) is 21.4 Å². The summed E-state index contributed by atoms with van der Waals surface area (Å²) in [6.45, 7) is 1.96. The smallest absolute Gasteiger partial charge is 0.248 e. The summed E-state index contributed by atoms with van der Waals surface area (Å²) in [5, 5.41) is 13.2. The number of hydrogen-bond acceptors (Lipinski definition) is 4. The number of aryl methyl sites for hydroxylation is 1. The van der Waals surface area contributed by atoms with Crippen LogP contribution in [-0.2, 0) is 4.79 Å². The van der Waals surface area contributed by atoms with Gasteiger partial charge in [0.25, 0.3) is 0 Å². The average Bonchev–Trinajstić information content (AvgIpc) is 3.09. The molecule has 0 aliphatic heterocycles. The van der Waals surface area contributed by atoms with Gasteiger partial charge in [0.05, 0.1) is 5.52 Å². The summed E-state index contributed by atoms with van der Waals surface area (Å²) in [6.07, 6.45) is 9.97. The standard InChI is InChI=1S/C24H18N4O2/c1-3-19-9-5-17(15-25-19)6-13-23(29)26-20-10-7-18(8-11-20)24-27-21-12-4-16(2)14-22(21)28(24)30/h1,4-15,30H,2H3,(H,26,29). The SMILES string of the molecule is C#Cc1ccc(C=CC(=O)Nc2ccc(-c3nc4ccc(C)cc4n3O)cc2)cn1. The Bertz CT molecular complexity index is 1290. The van der Waals surface area contributed by atoms with E-state index in [2.05, 4.69) is 21.2 Å². The van der Waals surface area contributed by atoms with E-state index < -0.39 is 0 Å². The molecule has 146 valence electrons. The van der Waals surface area contributed by atoms with Crippen molar-refractivity contribution in [1.82, 2.24) is 14.7 Å². The molecule has 0 spiro atoms. The number of rotatable bonds is 4. The van der Waals surface area contributed by atoms with Crippen molar-refractivity contribution >= 4 is 28.7 Å². The molecule has 1 amide bonds. The van der Waals surface area contributed by atoms with Gasteiger partial charge in [0.2, 0.25) is 5.91 Å². The van der Waals surface area contributed by atoms with Gasteiger partial charge in [-0.1, -0.05) is 18.1 Å². The summed E-state index contributed by atoms with van der Waals surface area (Å²) in [5.74, 6) is 2.62. The zero-order chi connectivity index (χ0) is 21.1. The molecule has 4 aromatic rings. The van der Waals surface area contributed by atoms with Gasteiger partial charge in [0.15, 0.2) is 5.82 Å². The molecule has 0 radical (unpaired) electrons. The van der Waals surface area contributed by atoms with Gasteiger partial charge in [-0.3, -0.25) is 4.79 Å². The second-order valence-corrected chi connectivity index (χ2v) is 6.76. The Morgan fingerprint density at radius 2 is 1.97 bits per heavy atom. The van der Waals surface area contributed by atoms with E-state index in [4.69, 9.17) is 6.42 Å². The highest BCUT2D eigenvalue weighted by molar-refractivity contribution is 6.02. The molecule has 2 heterocycles. The maximum Gasteiger partial charge on any atom is 0.248 e. The number of imidazole rings is 1. The number of benzene rings is 2.